The van der Waals surface area contributed by atoms with Crippen molar-refractivity contribution in [3.05, 3.63) is 66.4 Å². The molecule has 6 nitrogen and oxygen atoms in total. The summed E-state index contributed by atoms with van der Waals surface area (Å²) in [4.78, 5) is 18.5. The number of aliphatic hydroxyl groups excluding tert-OH is 1. The summed E-state index contributed by atoms with van der Waals surface area (Å²) in [6, 6.07) is 17.9. The Balaban J connectivity index is 1.32. The minimum atomic E-state index is -0.632. The fourth-order valence-corrected chi connectivity index (χ4v) is 4.70. The summed E-state index contributed by atoms with van der Waals surface area (Å²) in [5, 5.41) is 14.8. The molecule has 0 spiro atoms. The highest BCUT2D eigenvalue weighted by Crippen LogP contribution is 2.55. The van der Waals surface area contributed by atoms with Crippen LogP contribution in [0.2, 0.25) is 0 Å². The average molecular weight is 436 g/mol. The third-order valence-electron chi connectivity index (χ3n) is 6.58. The second-order valence-corrected chi connectivity index (χ2v) is 8.53. The number of ether oxygens (including phenoxy) is 1. The maximum Gasteiger partial charge on any atom is 0.233 e. The van der Waals surface area contributed by atoms with Crippen LogP contribution in [0.4, 0.5) is 0 Å². The Hall–Kier alpha value is -2.83. The van der Waals surface area contributed by atoms with Gasteiger partial charge in [0.1, 0.15) is 18.5 Å². The van der Waals surface area contributed by atoms with Crippen LogP contribution in [0.3, 0.4) is 0 Å². The largest absolute Gasteiger partial charge is 0.490 e. The second-order valence-electron chi connectivity index (χ2n) is 8.53. The lowest BCUT2D eigenvalue weighted by Crippen LogP contribution is -2.41. The van der Waals surface area contributed by atoms with Crippen molar-refractivity contribution in [3.8, 4) is 5.75 Å². The van der Waals surface area contributed by atoms with Gasteiger partial charge in [0.05, 0.1) is 5.41 Å². The van der Waals surface area contributed by atoms with Crippen molar-refractivity contribution in [1.82, 2.24) is 15.2 Å². The standard InChI is InChI=1S/C26H33N3O3/c1-3-29(4-2)25(31)26(19-9-6-5-7-10-19)15-20(26)16-27-17-21(30)18-32-24-12-8-11-23-22(24)13-14-28-23/h5-14,20-21,27-28,30H,3-4,15-18H2,1-2H3/t20?,21?,26-/m1/s1. The number of nitrogens with zero attached hydrogens (tertiary/aromatic N) is 1. The van der Waals surface area contributed by atoms with Crippen LogP contribution in [0, 0.1) is 5.92 Å². The van der Waals surface area contributed by atoms with Crippen molar-refractivity contribution in [3.63, 3.8) is 0 Å². The molecule has 1 fully saturated rings. The first kappa shape index (κ1) is 22.4. The quantitative estimate of drug-likeness (QED) is 0.432. The van der Waals surface area contributed by atoms with E-state index in [2.05, 4.69) is 22.4 Å². The number of aliphatic hydroxyl groups is 1. The predicted molar refractivity (Wildman–Crippen MR) is 127 cm³/mol. The molecule has 2 aromatic carbocycles. The van der Waals surface area contributed by atoms with Gasteiger partial charge in [0, 0.05) is 36.7 Å². The molecule has 3 atom stereocenters. The van der Waals surface area contributed by atoms with E-state index in [4.69, 9.17) is 4.74 Å². The SMILES string of the molecule is CCN(CC)C(=O)[C@@]1(c2ccccc2)CC1CNCC(O)COc1cccc2[nH]ccc12. The smallest absolute Gasteiger partial charge is 0.233 e. The number of rotatable bonds is 11. The highest BCUT2D eigenvalue weighted by molar-refractivity contribution is 5.92. The van der Waals surface area contributed by atoms with Crippen molar-refractivity contribution in [2.75, 3.05) is 32.8 Å². The van der Waals surface area contributed by atoms with Crippen molar-refractivity contribution in [1.29, 1.82) is 0 Å². The van der Waals surface area contributed by atoms with Crippen molar-refractivity contribution in [2.24, 2.45) is 5.92 Å². The topological polar surface area (TPSA) is 77.6 Å². The fraction of sp³-hybridized carbons (Fsp3) is 0.423. The van der Waals surface area contributed by atoms with Gasteiger partial charge in [-0.15, -0.1) is 0 Å². The van der Waals surface area contributed by atoms with Crippen LogP contribution in [0.15, 0.2) is 60.8 Å². The van der Waals surface area contributed by atoms with E-state index in [1.165, 1.54) is 0 Å². The zero-order valence-electron chi connectivity index (χ0n) is 18.9. The summed E-state index contributed by atoms with van der Waals surface area (Å²) in [6.45, 7) is 6.81. The highest BCUT2D eigenvalue weighted by atomic mass is 16.5. The zero-order valence-corrected chi connectivity index (χ0v) is 18.9. The number of carbonyl (C=O) groups excluding carboxylic acids is 1. The van der Waals surface area contributed by atoms with Crippen LogP contribution in [0.25, 0.3) is 10.9 Å². The summed E-state index contributed by atoms with van der Waals surface area (Å²) in [5.74, 6) is 1.20. The van der Waals surface area contributed by atoms with Gasteiger partial charge in [0.15, 0.2) is 0 Å². The van der Waals surface area contributed by atoms with E-state index < -0.39 is 11.5 Å². The lowest BCUT2D eigenvalue weighted by atomic mass is 9.91. The van der Waals surface area contributed by atoms with Crippen molar-refractivity contribution < 1.29 is 14.6 Å². The first-order valence-corrected chi connectivity index (χ1v) is 11.5. The number of benzene rings is 2. The summed E-state index contributed by atoms with van der Waals surface area (Å²) < 4.78 is 5.85. The molecule has 0 aliphatic heterocycles. The molecular weight excluding hydrogens is 402 g/mol. The lowest BCUT2D eigenvalue weighted by molar-refractivity contribution is -0.134. The Morgan fingerprint density at radius 3 is 2.72 bits per heavy atom. The maximum atomic E-state index is 13.4. The normalized spacial score (nSPS) is 20.8. The highest BCUT2D eigenvalue weighted by Gasteiger charge is 2.61. The number of likely N-dealkylation sites (N-methyl/N-ethyl adjacent to an activating group) is 1. The summed E-state index contributed by atoms with van der Waals surface area (Å²) in [7, 11) is 0. The number of fused-ring (bicyclic) bond motifs is 1. The first-order valence-electron chi connectivity index (χ1n) is 11.5. The van der Waals surface area contributed by atoms with Crippen molar-refractivity contribution in [2.45, 2.75) is 31.8 Å². The number of hydrogen-bond donors (Lipinski definition) is 3. The fourth-order valence-electron chi connectivity index (χ4n) is 4.70. The molecule has 1 heterocycles. The van der Waals surface area contributed by atoms with Gasteiger partial charge in [-0.05, 0) is 56.5 Å². The Bertz CT molecular complexity index is 1030. The van der Waals surface area contributed by atoms with E-state index in [-0.39, 0.29) is 18.4 Å². The van der Waals surface area contributed by atoms with Gasteiger partial charge < -0.3 is 25.0 Å². The third-order valence-corrected chi connectivity index (χ3v) is 6.58. The molecule has 0 bridgehead atoms. The molecule has 1 aliphatic carbocycles. The van der Waals surface area contributed by atoms with E-state index in [1.54, 1.807) is 0 Å². The second kappa shape index (κ2) is 9.76. The molecule has 0 saturated heterocycles. The van der Waals surface area contributed by atoms with Gasteiger partial charge in [-0.3, -0.25) is 4.79 Å². The van der Waals surface area contributed by atoms with Crippen molar-refractivity contribution >= 4 is 16.8 Å². The van der Waals surface area contributed by atoms with Crippen LogP contribution < -0.4 is 10.1 Å². The molecule has 1 aliphatic rings. The molecular formula is C26H33N3O3. The molecule has 1 amide bonds. The average Bonchev–Trinajstić information content (AvgIpc) is 3.34. The Morgan fingerprint density at radius 2 is 1.97 bits per heavy atom. The molecule has 3 aromatic rings. The van der Waals surface area contributed by atoms with Gasteiger partial charge in [0.2, 0.25) is 5.91 Å². The Kier molecular flexibility index (Phi) is 6.82. The number of hydrogen-bond acceptors (Lipinski definition) is 4. The van der Waals surface area contributed by atoms with E-state index in [0.29, 0.717) is 26.2 Å². The van der Waals surface area contributed by atoms with Gasteiger partial charge in [-0.25, -0.2) is 0 Å². The number of carbonyl (C=O) groups is 1. The monoisotopic (exact) mass is 435 g/mol. The first-order chi connectivity index (χ1) is 15.6. The van der Waals surface area contributed by atoms with Gasteiger partial charge >= 0.3 is 0 Å². The minimum absolute atomic E-state index is 0.212. The molecule has 0 radical (unpaired) electrons. The molecule has 170 valence electrons. The number of H-pyrrole nitrogens is 1. The van der Waals surface area contributed by atoms with Crippen LogP contribution in [-0.2, 0) is 10.2 Å². The number of aromatic amines is 1. The molecule has 3 N–H and O–H groups in total. The molecule has 1 saturated carbocycles. The van der Waals surface area contributed by atoms with E-state index in [1.807, 2.05) is 67.4 Å². The maximum absolute atomic E-state index is 13.4. The predicted octanol–water partition coefficient (Wildman–Crippen LogP) is 3.32. The summed E-state index contributed by atoms with van der Waals surface area (Å²) in [6.07, 6.45) is 2.08. The van der Waals surface area contributed by atoms with E-state index in [0.717, 1.165) is 28.6 Å². The molecule has 6 heteroatoms. The summed E-state index contributed by atoms with van der Waals surface area (Å²) >= 11 is 0. The van der Waals surface area contributed by atoms with Gasteiger partial charge in [-0.2, -0.15) is 0 Å². The number of amides is 1. The van der Waals surface area contributed by atoms with Crippen LogP contribution in [-0.4, -0.2) is 59.8 Å². The van der Waals surface area contributed by atoms with Gasteiger partial charge in [0.25, 0.3) is 0 Å². The summed E-state index contributed by atoms with van der Waals surface area (Å²) in [5.41, 5.74) is 1.65. The Morgan fingerprint density at radius 1 is 1.19 bits per heavy atom. The molecule has 32 heavy (non-hydrogen) atoms. The lowest BCUT2D eigenvalue weighted by Gasteiger charge is -2.26. The van der Waals surface area contributed by atoms with Crippen LogP contribution >= 0.6 is 0 Å². The zero-order chi connectivity index (χ0) is 22.6. The minimum Gasteiger partial charge on any atom is -0.490 e. The molecule has 1 aromatic heterocycles. The Labute approximate surface area is 189 Å². The number of aromatic nitrogens is 1. The molecule has 4 rings (SSSR count). The van der Waals surface area contributed by atoms with Gasteiger partial charge in [-0.1, -0.05) is 36.4 Å². The van der Waals surface area contributed by atoms with Crippen LogP contribution in [0.5, 0.6) is 5.75 Å². The number of nitrogens with one attached hydrogen (secondary N) is 2. The third kappa shape index (κ3) is 4.38. The van der Waals surface area contributed by atoms with E-state index in [9.17, 15) is 9.90 Å². The van der Waals surface area contributed by atoms with E-state index >= 15 is 0 Å². The molecule has 2 unspecified atom stereocenters. The van der Waals surface area contributed by atoms with Crippen LogP contribution in [0.1, 0.15) is 25.8 Å².